The lowest BCUT2D eigenvalue weighted by Crippen LogP contribution is -2.15. The minimum absolute atomic E-state index is 0.733. The van der Waals surface area contributed by atoms with Gasteiger partial charge < -0.3 is 5.32 Å². The van der Waals surface area contributed by atoms with E-state index in [2.05, 4.69) is 58.8 Å². The van der Waals surface area contributed by atoms with E-state index in [-0.39, 0.29) is 0 Å². The number of rotatable bonds is 4. The highest BCUT2D eigenvalue weighted by atomic mass is 14.9. The van der Waals surface area contributed by atoms with Crippen LogP contribution in [0.3, 0.4) is 0 Å². The van der Waals surface area contributed by atoms with Crippen LogP contribution < -0.4 is 5.32 Å². The van der Waals surface area contributed by atoms with Crippen molar-refractivity contribution in [3.63, 3.8) is 0 Å². The van der Waals surface area contributed by atoms with E-state index >= 15 is 0 Å². The molecule has 1 aromatic heterocycles. The number of nitrogens with zero attached hydrogens (tertiary/aromatic N) is 1. The first-order valence-corrected chi connectivity index (χ1v) is 7.56. The number of benzene rings is 2. The molecule has 0 spiro atoms. The molecule has 104 valence electrons. The monoisotopic (exact) mass is 274 g/mol. The van der Waals surface area contributed by atoms with E-state index in [0.29, 0.717) is 0 Å². The van der Waals surface area contributed by atoms with Crippen molar-refractivity contribution in [3.05, 3.63) is 66.4 Å². The Hall–Kier alpha value is -2.19. The predicted molar refractivity (Wildman–Crippen MR) is 87.0 cm³/mol. The molecule has 1 fully saturated rings. The summed E-state index contributed by atoms with van der Waals surface area (Å²) in [6, 6.07) is 20.0. The van der Waals surface area contributed by atoms with Crippen LogP contribution in [0.15, 0.2) is 60.8 Å². The van der Waals surface area contributed by atoms with E-state index in [1.807, 2.05) is 12.3 Å². The summed E-state index contributed by atoms with van der Waals surface area (Å²) in [4.78, 5) is 4.47. The minimum Gasteiger partial charge on any atom is -0.310 e. The molecule has 3 aromatic rings. The fraction of sp³-hybridized carbons (Fsp3) is 0.211. The summed E-state index contributed by atoms with van der Waals surface area (Å²) in [6.45, 7) is 0.946. The predicted octanol–water partition coefficient (Wildman–Crippen LogP) is 4.15. The van der Waals surface area contributed by atoms with Crippen molar-refractivity contribution in [2.45, 2.75) is 25.4 Å². The van der Waals surface area contributed by atoms with Gasteiger partial charge in [0.2, 0.25) is 0 Å². The summed E-state index contributed by atoms with van der Waals surface area (Å²) in [7, 11) is 0. The topological polar surface area (TPSA) is 24.9 Å². The van der Waals surface area contributed by atoms with Gasteiger partial charge >= 0.3 is 0 Å². The smallest absolute Gasteiger partial charge is 0.0708 e. The fourth-order valence-corrected chi connectivity index (χ4v) is 2.73. The third-order valence-electron chi connectivity index (χ3n) is 4.09. The van der Waals surface area contributed by atoms with Gasteiger partial charge in [-0.05, 0) is 41.7 Å². The number of hydrogen-bond acceptors (Lipinski definition) is 2. The quantitative estimate of drug-likeness (QED) is 0.773. The van der Waals surface area contributed by atoms with Gasteiger partial charge in [-0.1, -0.05) is 42.5 Å². The maximum absolute atomic E-state index is 4.47. The Morgan fingerprint density at radius 2 is 1.90 bits per heavy atom. The molecule has 0 saturated heterocycles. The Morgan fingerprint density at radius 3 is 2.81 bits per heavy atom. The Balaban J connectivity index is 1.72. The van der Waals surface area contributed by atoms with E-state index in [0.717, 1.165) is 18.1 Å². The standard InChI is InChI=1S/C19H18N2/c1-2-6-18(16(4-1)13-21-17-9-10-17)15-8-7-14-5-3-11-20-19(14)12-15/h1-8,11-12,17,21H,9-10,13H2. The number of hydrogen-bond donors (Lipinski definition) is 1. The molecule has 2 heteroatoms. The zero-order valence-corrected chi connectivity index (χ0v) is 11.9. The molecule has 1 aliphatic carbocycles. The molecule has 2 aromatic carbocycles. The highest BCUT2D eigenvalue weighted by Crippen LogP contribution is 2.27. The first-order chi connectivity index (χ1) is 10.4. The molecular weight excluding hydrogens is 256 g/mol. The van der Waals surface area contributed by atoms with Gasteiger partial charge in [0.1, 0.15) is 0 Å². The summed E-state index contributed by atoms with van der Waals surface area (Å²) < 4.78 is 0. The van der Waals surface area contributed by atoms with Gasteiger partial charge in [-0.3, -0.25) is 4.98 Å². The summed E-state index contributed by atoms with van der Waals surface area (Å²) in [5, 5.41) is 4.79. The van der Waals surface area contributed by atoms with Crippen molar-refractivity contribution >= 4 is 10.9 Å². The van der Waals surface area contributed by atoms with E-state index in [1.54, 1.807) is 0 Å². The third kappa shape index (κ3) is 2.67. The molecule has 0 bridgehead atoms. The van der Waals surface area contributed by atoms with Gasteiger partial charge in [-0.15, -0.1) is 0 Å². The zero-order valence-electron chi connectivity index (χ0n) is 11.9. The average molecular weight is 274 g/mol. The van der Waals surface area contributed by atoms with E-state index < -0.39 is 0 Å². The normalized spacial score (nSPS) is 14.5. The Morgan fingerprint density at radius 1 is 1.00 bits per heavy atom. The summed E-state index contributed by atoms with van der Waals surface area (Å²) >= 11 is 0. The van der Waals surface area contributed by atoms with Gasteiger partial charge in [-0.2, -0.15) is 0 Å². The molecule has 0 unspecified atom stereocenters. The Kier molecular flexibility index (Phi) is 3.17. The van der Waals surface area contributed by atoms with Gasteiger partial charge in [0.25, 0.3) is 0 Å². The Bertz CT molecular complexity index is 775. The van der Waals surface area contributed by atoms with Crippen molar-refractivity contribution in [3.8, 4) is 11.1 Å². The molecule has 2 nitrogen and oxygen atoms in total. The molecule has 1 saturated carbocycles. The molecule has 4 rings (SSSR count). The fourth-order valence-electron chi connectivity index (χ4n) is 2.73. The second kappa shape index (κ2) is 5.30. The molecular formula is C19H18N2. The first kappa shape index (κ1) is 12.5. The van der Waals surface area contributed by atoms with Crippen LogP contribution in [-0.4, -0.2) is 11.0 Å². The first-order valence-electron chi connectivity index (χ1n) is 7.56. The number of pyridine rings is 1. The second-order valence-electron chi connectivity index (χ2n) is 5.72. The number of fused-ring (bicyclic) bond motifs is 1. The van der Waals surface area contributed by atoms with Crippen molar-refractivity contribution in [1.82, 2.24) is 10.3 Å². The van der Waals surface area contributed by atoms with Gasteiger partial charge in [0.15, 0.2) is 0 Å². The summed E-state index contributed by atoms with van der Waals surface area (Å²) in [5.74, 6) is 0. The molecule has 1 N–H and O–H groups in total. The number of nitrogens with one attached hydrogen (secondary N) is 1. The lowest BCUT2D eigenvalue weighted by Gasteiger charge is -2.11. The maximum Gasteiger partial charge on any atom is 0.0708 e. The molecule has 0 amide bonds. The lowest BCUT2D eigenvalue weighted by atomic mass is 9.98. The van der Waals surface area contributed by atoms with Crippen molar-refractivity contribution in [1.29, 1.82) is 0 Å². The largest absolute Gasteiger partial charge is 0.310 e. The third-order valence-corrected chi connectivity index (χ3v) is 4.09. The van der Waals surface area contributed by atoms with Gasteiger partial charge in [-0.25, -0.2) is 0 Å². The Labute approximate surface area is 124 Å². The number of aromatic nitrogens is 1. The molecule has 0 radical (unpaired) electrons. The van der Waals surface area contributed by atoms with E-state index in [9.17, 15) is 0 Å². The molecule has 21 heavy (non-hydrogen) atoms. The lowest BCUT2D eigenvalue weighted by molar-refractivity contribution is 0.689. The van der Waals surface area contributed by atoms with Crippen molar-refractivity contribution in [2.24, 2.45) is 0 Å². The molecule has 0 aliphatic heterocycles. The molecule has 1 heterocycles. The average Bonchev–Trinajstić information content (AvgIpc) is 3.37. The van der Waals surface area contributed by atoms with Crippen LogP contribution in [0.1, 0.15) is 18.4 Å². The van der Waals surface area contributed by atoms with E-state index in [1.165, 1.54) is 34.9 Å². The van der Waals surface area contributed by atoms with Gasteiger partial charge in [0.05, 0.1) is 5.52 Å². The van der Waals surface area contributed by atoms with Crippen LogP contribution in [-0.2, 0) is 6.54 Å². The molecule has 0 atom stereocenters. The van der Waals surface area contributed by atoms with Crippen LogP contribution in [0.5, 0.6) is 0 Å². The van der Waals surface area contributed by atoms with Crippen LogP contribution in [0, 0.1) is 0 Å². The molecule has 1 aliphatic rings. The van der Waals surface area contributed by atoms with Crippen LogP contribution in [0.25, 0.3) is 22.0 Å². The van der Waals surface area contributed by atoms with Crippen LogP contribution >= 0.6 is 0 Å². The minimum atomic E-state index is 0.733. The summed E-state index contributed by atoms with van der Waals surface area (Å²) in [6.07, 6.45) is 4.50. The maximum atomic E-state index is 4.47. The van der Waals surface area contributed by atoms with Gasteiger partial charge in [0, 0.05) is 24.2 Å². The van der Waals surface area contributed by atoms with Crippen molar-refractivity contribution < 1.29 is 0 Å². The highest BCUT2D eigenvalue weighted by molar-refractivity contribution is 5.84. The second-order valence-corrected chi connectivity index (χ2v) is 5.72. The SMILES string of the molecule is c1ccc(-c2ccc3cccnc3c2)c(CNC2CC2)c1. The zero-order chi connectivity index (χ0) is 14.1. The van der Waals surface area contributed by atoms with E-state index in [4.69, 9.17) is 0 Å². The van der Waals surface area contributed by atoms with Crippen LogP contribution in [0.2, 0.25) is 0 Å². The highest BCUT2D eigenvalue weighted by Gasteiger charge is 2.20. The van der Waals surface area contributed by atoms with Crippen LogP contribution in [0.4, 0.5) is 0 Å². The van der Waals surface area contributed by atoms with Crippen molar-refractivity contribution in [2.75, 3.05) is 0 Å². The summed E-state index contributed by atoms with van der Waals surface area (Å²) in [5.41, 5.74) is 4.97.